The van der Waals surface area contributed by atoms with Crippen LogP contribution >= 0.6 is 0 Å². The molecule has 0 unspecified atom stereocenters. The number of hydrogen-bond donors (Lipinski definition) is 2. The van der Waals surface area contributed by atoms with Gasteiger partial charge in [-0.2, -0.15) is 13.2 Å². The summed E-state index contributed by atoms with van der Waals surface area (Å²) in [5.41, 5.74) is 0.180. The Morgan fingerprint density at radius 3 is 2.40 bits per heavy atom. The quantitative estimate of drug-likeness (QED) is 0.538. The number of aliphatic hydroxyl groups excluding tert-OH is 2. The second-order valence-corrected chi connectivity index (χ2v) is 11.2. The highest BCUT2D eigenvalue weighted by Gasteiger charge is 2.39. The first kappa shape index (κ1) is 25.4. The number of fused-ring (bicyclic) bond motifs is 3. The number of benzene rings is 1. The van der Waals surface area contributed by atoms with Crippen molar-refractivity contribution < 1.29 is 31.8 Å². The van der Waals surface area contributed by atoms with Crippen molar-refractivity contribution in [3.63, 3.8) is 0 Å². The molecule has 12 heteroatoms. The summed E-state index contributed by atoms with van der Waals surface area (Å²) in [7, 11) is -3.59. The van der Waals surface area contributed by atoms with Crippen molar-refractivity contribution >= 4 is 26.7 Å². The van der Waals surface area contributed by atoms with Crippen molar-refractivity contribution in [2.75, 3.05) is 17.7 Å². The van der Waals surface area contributed by atoms with Gasteiger partial charge in [-0.15, -0.1) is 0 Å². The van der Waals surface area contributed by atoms with Crippen LogP contribution in [0.25, 0.3) is 10.9 Å². The van der Waals surface area contributed by atoms with E-state index in [0.29, 0.717) is 18.6 Å². The Balaban J connectivity index is 1.88. The SMILES string of the molecule is CC(C)[C@H]1c2cc3cc(CO)c(S(C)(=O)=O)cc3n2CCN1c1ncc([C@@H](C)O)c(C(F)(F)F)n1. The molecule has 1 aliphatic heterocycles. The summed E-state index contributed by atoms with van der Waals surface area (Å²) < 4.78 is 67.6. The minimum Gasteiger partial charge on any atom is -0.392 e. The van der Waals surface area contributed by atoms with E-state index in [1.807, 2.05) is 24.5 Å². The highest BCUT2D eigenvalue weighted by atomic mass is 32.2. The molecule has 2 N–H and O–H groups in total. The normalized spacial score (nSPS) is 17.8. The number of anilines is 1. The van der Waals surface area contributed by atoms with Gasteiger partial charge in [-0.1, -0.05) is 13.8 Å². The van der Waals surface area contributed by atoms with Crippen molar-refractivity contribution in [2.45, 2.75) is 57.1 Å². The second kappa shape index (κ2) is 8.75. The van der Waals surface area contributed by atoms with Crippen molar-refractivity contribution in [2.24, 2.45) is 5.92 Å². The number of alkyl halides is 3. The van der Waals surface area contributed by atoms with Gasteiger partial charge in [0.2, 0.25) is 5.95 Å². The molecule has 2 atom stereocenters. The Labute approximate surface area is 201 Å². The lowest BCUT2D eigenvalue weighted by Crippen LogP contribution is -2.41. The molecule has 2 aromatic heterocycles. The van der Waals surface area contributed by atoms with Crippen LogP contribution in [0.1, 0.15) is 55.4 Å². The van der Waals surface area contributed by atoms with Crippen molar-refractivity contribution in [3.8, 4) is 0 Å². The first-order valence-corrected chi connectivity index (χ1v) is 13.0. The van der Waals surface area contributed by atoms with Gasteiger partial charge < -0.3 is 19.7 Å². The lowest BCUT2D eigenvalue weighted by atomic mass is 9.97. The molecule has 35 heavy (non-hydrogen) atoms. The minimum atomic E-state index is -4.76. The van der Waals surface area contributed by atoms with Gasteiger partial charge in [0.15, 0.2) is 15.5 Å². The molecule has 0 aliphatic carbocycles. The van der Waals surface area contributed by atoms with Gasteiger partial charge in [0.25, 0.3) is 0 Å². The summed E-state index contributed by atoms with van der Waals surface area (Å²) in [4.78, 5) is 9.75. The molecule has 190 valence electrons. The number of sulfone groups is 1. The summed E-state index contributed by atoms with van der Waals surface area (Å²) in [5, 5.41) is 20.2. The van der Waals surface area contributed by atoms with Gasteiger partial charge in [0.05, 0.1) is 23.6 Å². The van der Waals surface area contributed by atoms with Crippen molar-refractivity contribution in [3.05, 3.63) is 46.9 Å². The molecule has 3 aromatic rings. The largest absolute Gasteiger partial charge is 0.433 e. The highest BCUT2D eigenvalue weighted by molar-refractivity contribution is 7.90. The lowest BCUT2D eigenvalue weighted by Gasteiger charge is -2.39. The van der Waals surface area contributed by atoms with Crippen LogP contribution in [0.15, 0.2) is 29.3 Å². The Bertz CT molecular complexity index is 1380. The molecule has 0 spiro atoms. The van der Waals surface area contributed by atoms with Crippen LogP contribution in [0.5, 0.6) is 0 Å². The van der Waals surface area contributed by atoms with Crippen LogP contribution in [0.2, 0.25) is 0 Å². The number of aromatic nitrogens is 3. The summed E-state index contributed by atoms with van der Waals surface area (Å²) in [6.45, 7) is 5.31. The molecule has 1 aliphatic rings. The van der Waals surface area contributed by atoms with Crippen molar-refractivity contribution in [1.29, 1.82) is 0 Å². The Morgan fingerprint density at radius 2 is 1.86 bits per heavy atom. The average molecular weight is 513 g/mol. The molecular formula is C23H27F3N4O4S. The molecule has 8 nitrogen and oxygen atoms in total. The standard InChI is InChI=1S/C23H27F3N4O4S/c1-12(2)20-18-8-14-7-15(11-31)19(35(4,33)34)9-17(14)29(18)5-6-30(20)22-27-10-16(13(3)32)21(28-22)23(24,25)26/h7-10,12-13,20,31-32H,5-6,11H2,1-4H3/t13-,20+/m1/s1. The Morgan fingerprint density at radius 1 is 1.17 bits per heavy atom. The number of halogens is 3. The molecule has 0 amide bonds. The summed E-state index contributed by atoms with van der Waals surface area (Å²) >= 11 is 0. The Kier molecular flexibility index (Phi) is 6.35. The number of rotatable bonds is 5. The van der Waals surface area contributed by atoms with E-state index < -0.39 is 46.0 Å². The van der Waals surface area contributed by atoms with E-state index in [0.717, 1.165) is 23.5 Å². The fraction of sp³-hybridized carbons (Fsp3) is 0.478. The third-order valence-corrected chi connectivity index (χ3v) is 7.48. The van der Waals surface area contributed by atoms with Crippen LogP contribution in [-0.2, 0) is 29.2 Å². The molecule has 0 saturated heterocycles. The zero-order valence-corrected chi connectivity index (χ0v) is 20.5. The number of aliphatic hydroxyl groups is 2. The molecule has 1 aromatic carbocycles. The van der Waals surface area contributed by atoms with E-state index in [4.69, 9.17) is 0 Å². The molecular weight excluding hydrogens is 485 g/mol. The third-order valence-electron chi connectivity index (χ3n) is 6.30. The third kappa shape index (κ3) is 4.50. The molecule has 0 fully saturated rings. The number of hydrogen-bond acceptors (Lipinski definition) is 7. The van der Waals surface area contributed by atoms with Crippen LogP contribution in [0.3, 0.4) is 0 Å². The first-order valence-electron chi connectivity index (χ1n) is 11.1. The van der Waals surface area contributed by atoms with Gasteiger partial charge in [0.1, 0.15) is 0 Å². The minimum absolute atomic E-state index is 0.0452. The Hall–Kier alpha value is -2.70. The summed E-state index contributed by atoms with van der Waals surface area (Å²) in [6.07, 6.45) is -4.04. The van der Waals surface area contributed by atoms with E-state index in [1.54, 1.807) is 17.0 Å². The van der Waals surface area contributed by atoms with Gasteiger partial charge in [-0.05, 0) is 36.6 Å². The fourth-order valence-corrected chi connectivity index (χ4v) is 5.73. The van der Waals surface area contributed by atoms with Crippen LogP contribution in [0, 0.1) is 5.92 Å². The molecule has 3 heterocycles. The van der Waals surface area contributed by atoms with E-state index in [1.165, 1.54) is 6.92 Å². The predicted molar refractivity (Wildman–Crippen MR) is 124 cm³/mol. The maximum absolute atomic E-state index is 13.7. The zero-order chi connectivity index (χ0) is 25.9. The second-order valence-electron chi connectivity index (χ2n) is 9.20. The van der Waals surface area contributed by atoms with E-state index in [-0.39, 0.29) is 22.3 Å². The monoisotopic (exact) mass is 512 g/mol. The predicted octanol–water partition coefficient (Wildman–Crippen LogP) is 3.62. The average Bonchev–Trinajstić information content (AvgIpc) is 3.13. The van der Waals surface area contributed by atoms with Crippen LogP contribution in [0.4, 0.5) is 19.1 Å². The number of nitrogens with zero attached hydrogens (tertiary/aromatic N) is 4. The van der Waals surface area contributed by atoms with Crippen LogP contribution in [-0.4, -0.2) is 46.0 Å². The fourth-order valence-electron chi connectivity index (χ4n) is 4.81. The van der Waals surface area contributed by atoms with Gasteiger partial charge >= 0.3 is 6.18 Å². The molecule has 0 radical (unpaired) electrons. The van der Waals surface area contributed by atoms with Gasteiger partial charge in [-0.3, -0.25) is 0 Å². The van der Waals surface area contributed by atoms with Gasteiger partial charge in [-0.25, -0.2) is 18.4 Å². The van der Waals surface area contributed by atoms with E-state index >= 15 is 0 Å². The molecule has 0 bridgehead atoms. The smallest absolute Gasteiger partial charge is 0.392 e. The molecule has 4 rings (SSSR count). The maximum Gasteiger partial charge on any atom is 0.433 e. The van der Waals surface area contributed by atoms with Crippen molar-refractivity contribution in [1.82, 2.24) is 14.5 Å². The highest BCUT2D eigenvalue weighted by Crippen LogP contribution is 2.40. The first-order chi connectivity index (χ1) is 16.2. The zero-order valence-electron chi connectivity index (χ0n) is 19.7. The topological polar surface area (TPSA) is 109 Å². The van der Waals surface area contributed by atoms with Gasteiger partial charge in [0, 0.05) is 47.7 Å². The lowest BCUT2D eigenvalue weighted by molar-refractivity contribution is -0.142. The maximum atomic E-state index is 13.7. The van der Waals surface area contributed by atoms with E-state index in [9.17, 15) is 31.8 Å². The molecule has 0 saturated carbocycles. The summed E-state index contributed by atoms with van der Waals surface area (Å²) in [5.74, 6) is -0.149. The van der Waals surface area contributed by atoms with E-state index in [2.05, 4.69) is 9.97 Å². The summed E-state index contributed by atoms with van der Waals surface area (Å²) in [6, 6.07) is 4.65. The van der Waals surface area contributed by atoms with Crippen LogP contribution < -0.4 is 4.90 Å².